The maximum atomic E-state index is 12.5. The Morgan fingerprint density at radius 3 is 2.65 bits per heavy atom. The second kappa shape index (κ2) is 7.20. The molecule has 0 spiro atoms. The van der Waals surface area contributed by atoms with Crippen molar-refractivity contribution in [1.82, 2.24) is 0 Å². The van der Waals surface area contributed by atoms with Gasteiger partial charge in [-0.25, -0.2) is 0 Å². The number of hydrogen-bond acceptors (Lipinski definition) is 2. The van der Waals surface area contributed by atoms with E-state index in [4.69, 9.17) is 5.73 Å². The van der Waals surface area contributed by atoms with E-state index in [0.717, 1.165) is 30.4 Å². The molecule has 0 fully saturated rings. The van der Waals surface area contributed by atoms with Gasteiger partial charge in [-0.15, -0.1) is 0 Å². The van der Waals surface area contributed by atoms with E-state index in [1.807, 2.05) is 30.3 Å². The van der Waals surface area contributed by atoms with Crippen molar-refractivity contribution in [3.63, 3.8) is 0 Å². The van der Waals surface area contributed by atoms with Crippen LogP contribution in [-0.2, 0) is 15.6 Å². The van der Waals surface area contributed by atoms with Crippen molar-refractivity contribution in [3.8, 4) is 0 Å². The Labute approximate surface area is 122 Å². The van der Waals surface area contributed by atoms with Gasteiger partial charge < -0.3 is 5.73 Å². The van der Waals surface area contributed by atoms with Gasteiger partial charge in [-0.05, 0) is 24.8 Å². The lowest BCUT2D eigenvalue weighted by Crippen LogP contribution is -2.23. The van der Waals surface area contributed by atoms with Crippen molar-refractivity contribution in [2.24, 2.45) is 5.73 Å². The van der Waals surface area contributed by atoms with Crippen LogP contribution in [0.25, 0.3) is 0 Å². The Hall–Kier alpha value is -1.68. The number of nitrogens with two attached hydrogens (primary N) is 1. The average molecular weight is 289 g/mol. The molecule has 20 heavy (non-hydrogen) atoms. The molecule has 0 aliphatic heterocycles. The molecule has 0 saturated carbocycles. The van der Waals surface area contributed by atoms with Gasteiger partial charge in [0.15, 0.2) is 0 Å². The fourth-order valence-electron chi connectivity index (χ4n) is 2.39. The molecule has 106 valence electrons. The molecule has 2 N–H and O–H groups in total. The van der Waals surface area contributed by atoms with Crippen LogP contribution >= 0.6 is 0 Å². The van der Waals surface area contributed by atoms with Gasteiger partial charge in [-0.2, -0.15) is 0 Å². The summed E-state index contributed by atoms with van der Waals surface area (Å²) in [5.41, 5.74) is 7.30. The molecule has 2 rings (SSSR count). The summed E-state index contributed by atoms with van der Waals surface area (Å²) in [6.45, 7) is 0. The van der Waals surface area contributed by atoms with Gasteiger partial charge in [0.05, 0.1) is 5.25 Å². The quantitative estimate of drug-likeness (QED) is 0.847. The van der Waals surface area contributed by atoms with Crippen LogP contribution in [0.2, 0.25) is 0 Å². The standard InChI is InChI=1S/C16H19NO2S/c17-15(18)12-20(19)16(14-10-6-3-7-11-14)13-8-4-1-2-5-9-13/h1,3-4,6-7,9-11,16H,2,5,8,12H2,(H2,17,18). The zero-order valence-electron chi connectivity index (χ0n) is 11.3. The molecule has 4 heteroatoms. The van der Waals surface area contributed by atoms with Crippen LogP contribution in [0.4, 0.5) is 0 Å². The number of rotatable bonds is 5. The van der Waals surface area contributed by atoms with Crippen LogP contribution in [0.3, 0.4) is 0 Å². The maximum absolute atomic E-state index is 12.5. The van der Waals surface area contributed by atoms with E-state index in [1.165, 1.54) is 0 Å². The van der Waals surface area contributed by atoms with Gasteiger partial charge in [-0.1, -0.05) is 54.1 Å². The molecule has 0 saturated heterocycles. The molecule has 1 aromatic carbocycles. The molecule has 1 aliphatic rings. The summed E-state index contributed by atoms with van der Waals surface area (Å²) in [7, 11) is -1.32. The van der Waals surface area contributed by atoms with E-state index in [2.05, 4.69) is 18.2 Å². The van der Waals surface area contributed by atoms with Crippen molar-refractivity contribution >= 4 is 16.7 Å². The third-order valence-electron chi connectivity index (χ3n) is 3.25. The van der Waals surface area contributed by atoms with Crippen LogP contribution < -0.4 is 5.73 Å². The number of allylic oxidation sites excluding steroid dienone is 3. The SMILES string of the molecule is NC(=O)CS(=O)C(C1=CCCC=CC1)c1ccccc1. The molecule has 3 nitrogen and oxygen atoms in total. The Bertz CT molecular complexity index is 549. The maximum Gasteiger partial charge on any atom is 0.230 e. The van der Waals surface area contributed by atoms with Crippen LogP contribution in [-0.4, -0.2) is 15.9 Å². The largest absolute Gasteiger partial charge is 0.369 e. The number of benzene rings is 1. The lowest BCUT2D eigenvalue weighted by atomic mass is 10.0. The average Bonchev–Trinajstić information content (AvgIpc) is 2.68. The van der Waals surface area contributed by atoms with E-state index in [1.54, 1.807) is 0 Å². The Morgan fingerprint density at radius 2 is 1.95 bits per heavy atom. The fourth-order valence-corrected chi connectivity index (χ4v) is 3.82. The Balaban J connectivity index is 2.33. The zero-order chi connectivity index (χ0) is 14.4. The number of primary amides is 1. The highest BCUT2D eigenvalue weighted by Crippen LogP contribution is 2.32. The summed E-state index contributed by atoms with van der Waals surface area (Å²) in [6.07, 6.45) is 9.13. The molecule has 0 bridgehead atoms. The highest BCUT2D eigenvalue weighted by Gasteiger charge is 2.24. The number of amides is 1. The van der Waals surface area contributed by atoms with E-state index in [0.29, 0.717) is 0 Å². The molecule has 1 aromatic rings. The Morgan fingerprint density at radius 1 is 1.20 bits per heavy atom. The zero-order valence-corrected chi connectivity index (χ0v) is 12.1. The van der Waals surface area contributed by atoms with E-state index in [9.17, 15) is 9.00 Å². The van der Waals surface area contributed by atoms with Gasteiger partial charge in [0, 0.05) is 10.8 Å². The first-order valence-corrected chi connectivity index (χ1v) is 8.11. The number of carbonyl (C=O) groups is 1. The molecule has 2 atom stereocenters. The van der Waals surface area contributed by atoms with Gasteiger partial charge in [0.1, 0.15) is 5.75 Å². The van der Waals surface area contributed by atoms with Crippen molar-refractivity contribution in [3.05, 3.63) is 59.7 Å². The van der Waals surface area contributed by atoms with Crippen molar-refractivity contribution in [1.29, 1.82) is 0 Å². The molecular formula is C16H19NO2S. The minimum Gasteiger partial charge on any atom is -0.369 e. The molecule has 0 radical (unpaired) electrons. The first-order valence-electron chi connectivity index (χ1n) is 6.73. The van der Waals surface area contributed by atoms with Crippen molar-refractivity contribution in [2.45, 2.75) is 24.5 Å². The van der Waals surface area contributed by atoms with Crippen LogP contribution in [0, 0.1) is 0 Å². The van der Waals surface area contributed by atoms with Crippen molar-refractivity contribution < 1.29 is 9.00 Å². The molecule has 0 heterocycles. The topological polar surface area (TPSA) is 60.2 Å². The summed E-state index contributed by atoms with van der Waals surface area (Å²) >= 11 is 0. The molecule has 0 aromatic heterocycles. The smallest absolute Gasteiger partial charge is 0.230 e. The molecular weight excluding hydrogens is 270 g/mol. The highest BCUT2D eigenvalue weighted by molar-refractivity contribution is 7.86. The van der Waals surface area contributed by atoms with Crippen LogP contribution in [0.15, 0.2) is 54.1 Å². The van der Waals surface area contributed by atoms with E-state index >= 15 is 0 Å². The summed E-state index contributed by atoms with van der Waals surface area (Å²) in [5.74, 6) is -0.616. The lowest BCUT2D eigenvalue weighted by Gasteiger charge is -2.19. The monoisotopic (exact) mass is 289 g/mol. The van der Waals surface area contributed by atoms with Crippen LogP contribution in [0.1, 0.15) is 30.1 Å². The summed E-state index contributed by atoms with van der Waals surface area (Å²) in [6, 6.07) is 9.70. The molecule has 2 unspecified atom stereocenters. The second-order valence-electron chi connectivity index (χ2n) is 4.81. The minimum absolute atomic E-state index is 0.0966. The summed E-state index contributed by atoms with van der Waals surface area (Å²) in [4.78, 5) is 11.1. The molecule has 1 amide bonds. The number of carbonyl (C=O) groups excluding carboxylic acids is 1. The third kappa shape index (κ3) is 3.90. The van der Waals surface area contributed by atoms with E-state index < -0.39 is 16.7 Å². The Kier molecular flexibility index (Phi) is 5.30. The summed E-state index contributed by atoms with van der Waals surface area (Å²) in [5, 5.41) is -0.244. The predicted molar refractivity (Wildman–Crippen MR) is 82.5 cm³/mol. The van der Waals surface area contributed by atoms with Crippen LogP contribution in [0.5, 0.6) is 0 Å². The van der Waals surface area contributed by atoms with E-state index in [-0.39, 0.29) is 11.0 Å². The minimum atomic E-state index is -1.32. The highest BCUT2D eigenvalue weighted by atomic mass is 32.2. The van der Waals surface area contributed by atoms with Gasteiger partial charge in [0.25, 0.3) is 0 Å². The van der Waals surface area contributed by atoms with Gasteiger partial charge >= 0.3 is 0 Å². The molecule has 1 aliphatic carbocycles. The van der Waals surface area contributed by atoms with Gasteiger partial charge in [-0.3, -0.25) is 9.00 Å². The fraction of sp³-hybridized carbons (Fsp3) is 0.312. The first-order chi connectivity index (χ1) is 9.68. The summed E-state index contributed by atoms with van der Waals surface area (Å²) < 4.78 is 12.5. The van der Waals surface area contributed by atoms with Crippen molar-refractivity contribution in [2.75, 3.05) is 5.75 Å². The third-order valence-corrected chi connectivity index (χ3v) is 4.92. The second-order valence-corrected chi connectivity index (χ2v) is 6.34. The predicted octanol–water partition coefficient (Wildman–Crippen LogP) is 2.63. The number of hydrogen-bond donors (Lipinski definition) is 1. The van der Waals surface area contributed by atoms with Gasteiger partial charge in [0.2, 0.25) is 5.91 Å². The normalized spacial score (nSPS) is 17.9. The lowest BCUT2D eigenvalue weighted by molar-refractivity contribution is -0.115. The first kappa shape index (κ1) is 14.7.